The Kier molecular flexibility index (Phi) is 4.94. The van der Waals surface area contributed by atoms with E-state index in [9.17, 15) is 0 Å². The van der Waals surface area contributed by atoms with Gasteiger partial charge in [-0.05, 0) is 134 Å². The molecule has 3 nitrogen and oxygen atoms in total. The van der Waals surface area contributed by atoms with Crippen LogP contribution in [0, 0.1) is 82.9 Å². The van der Waals surface area contributed by atoms with Crippen LogP contribution in [-0.4, -0.2) is 13.2 Å². The summed E-state index contributed by atoms with van der Waals surface area (Å²) in [5.41, 5.74) is 0. The third-order valence-electron chi connectivity index (χ3n) is 12.5. The third kappa shape index (κ3) is 3.15. The molecule has 14 atom stereocenters. The summed E-state index contributed by atoms with van der Waals surface area (Å²) in [6, 6.07) is 10.2. The van der Waals surface area contributed by atoms with Gasteiger partial charge in [-0.25, -0.2) is 0 Å². The first-order valence-corrected chi connectivity index (χ1v) is 16.1. The van der Waals surface area contributed by atoms with E-state index in [4.69, 9.17) is 13.6 Å². The summed E-state index contributed by atoms with van der Waals surface area (Å²) in [5.74, 6) is 13.2. The van der Waals surface area contributed by atoms with Crippen molar-refractivity contribution in [2.24, 2.45) is 82.9 Å². The summed E-state index contributed by atoms with van der Waals surface area (Å²) in [6.45, 7) is 1.64. The van der Waals surface area contributed by atoms with Crippen molar-refractivity contribution in [1.82, 2.24) is 0 Å². The molecule has 1 aromatic rings. The molecule has 8 aliphatic rings. The van der Waals surface area contributed by atoms with E-state index < -0.39 is 8.60 Å². The standard InChI is InChI=1S/C32H39O3P/c1-2-4-26(5-3-1)35-36(33-16-24-12-22-14-27(24)31-20-8-6-18(10-20)29(22)31)34-17-25-13-23-15-28(25)32-21-9-7-19(11-21)30(23)32/h1-9,18-25,27-32H,10-17H2. The number of rotatable bonds is 8. The van der Waals surface area contributed by atoms with E-state index in [1.165, 1.54) is 38.5 Å². The van der Waals surface area contributed by atoms with Crippen molar-refractivity contribution in [2.75, 3.05) is 13.2 Å². The van der Waals surface area contributed by atoms with Gasteiger partial charge in [0.2, 0.25) is 0 Å². The summed E-state index contributed by atoms with van der Waals surface area (Å²) in [6.07, 6.45) is 18.7. The van der Waals surface area contributed by atoms with Crippen LogP contribution in [0.1, 0.15) is 38.5 Å². The highest BCUT2D eigenvalue weighted by molar-refractivity contribution is 7.42. The predicted molar refractivity (Wildman–Crippen MR) is 141 cm³/mol. The molecule has 0 aliphatic heterocycles. The Labute approximate surface area is 217 Å². The molecule has 9 rings (SSSR count). The van der Waals surface area contributed by atoms with Gasteiger partial charge in [0.1, 0.15) is 5.75 Å². The molecule has 6 fully saturated rings. The lowest BCUT2D eigenvalue weighted by Crippen LogP contribution is -2.33. The second-order valence-electron chi connectivity index (χ2n) is 13.7. The highest BCUT2D eigenvalue weighted by Crippen LogP contribution is 2.68. The second kappa shape index (κ2) is 8.17. The topological polar surface area (TPSA) is 27.7 Å². The van der Waals surface area contributed by atoms with Crippen molar-refractivity contribution in [1.29, 1.82) is 0 Å². The molecule has 0 saturated heterocycles. The van der Waals surface area contributed by atoms with Crippen molar-refractivity contribution in [3.8, 4) is 5.75 Å². The van der Waals surface area contributed by atoms with E-state index in [0.29, 0.717) is 11.8 Å². The van der Waals surface area contributed by atoms with E-state index in [-0.39, 0.29) is 0 Å². The van der Waals surface area contributed by atoms with Gasteiger partial charge >= 0.3 is 8.60 Å². The number of allylic oxidation sites excluding steroid dienone is 4. The van der Waals surface area contributed by atoms with Gasteiger partial charge in [-0.15, -0.1) is 0 Å². The van der Waals surface area contributed by atoms with Gasteiger partial charge in [-0.2, -0.15) is 0 Å². The molecule has 8 aliphatic carbocycles. The summed E-state index contributed by atoms with van der Waals surface area (Å²) < 4.78 is 19.5. The lowest BCUT2D eigenvalue weighted by atomic mass is 9.70. The fourth-order valence-electron chi connectivity index (χ4n) is 11.7. The monoisotopic (exact) mass is 502 g/mol. The van der Waals surface area contributed by atoms with Crippen molar-refractivity contribution in [3.63, 3.8) is 0 Å². The van der Waals surface area contributed by atoms with Gasteiger partial charge in [-0.3, -0.25) is 0 Å². The quantitative estimate of drug-likeness (QED) is 0.209. The third-order valence-corrected chi connectivity index (χ3v) is 13.6. The van der Waals surface area contributed by atoms with Crippen molar-refractivity contribution >= 4 is 8.60 Å². The smallest absolute Gasteiger partial charge is 0.397 e. The summed E-state index contributed by atoms with van der Waals surface area (Å²) in [5, 5.41) is 0. The summed E-state index contributed by atoms with van der Waals surface area (Å²) in [7, 11) is -1.36. The van der Waals surface area contributed by atoms with E-state index in [1.807, 2.05) is 30.3 Å². The van der Waals surface area contributed by atoms with Gasteiger partial charge in [-0.1, -0.05) is 42.5 Å². The fourth-order valence-corrected chi connectivity index (χ4v) is 12.8. The second-order valence-corrected chi connectivity index (χ2v) is 14.9. The van der Waals surface area contributed by atoms with Crippen LogP contribution in [0.5, 0.6) is 5.75 Å². The van der Waals surface area contributed by atoms with Crippen LogP contribution >= 0.6 is 8.60 Å². The van der Waals surface area contributed by atoms with Gasteiger partial charge in [0.25, 0.3) is 0 Å². The molecule has 6 saturated carbocycles. The van der Waals surface area contributed by atoms with Gasteiger partial charge in [0, 0.05) is 0 Å². The van der Waals surface area contributed by atoms with Gasteiger partial charge < -0.3 is 13.6 Å². The molecule has 4 heteroatoms. The normalized spacial score (nSPS) is 52.4. The Hall–Kier alpha value is -1.15. The maximum Gasteiger partial charge on any atom is 0.397 e. The van der Waals surface area contributed by atoms with Crippen LogP contribution in [0.3, 0.4) is 0 Å². The number of para-hydroxylation sites is 1. The average Bonchev–Trinajstić information content (AvgIpc) is 3.76. The van der Waals surface area contributed by atoms with E-state index in [1.54, 1.807) is 0 Å². The maximum atomic E-state index is 6.58. The minimum absolute atomic E-state index is 0.695. The Bertz CT molecular complexity index is 1010. The Morgan fingerprint density at radius 1 is 0.583 bits per heavy atom. The van der Waals surface area contributed by atoms with Crippen molar-refractivity contribution in [2.45, 2.75) is 38.5 Å². The van der Waals surface area contributed by atoms with Crippen LogP contribution in [0.2, 0.25) is 0 Å². The number of hydrogen-bond acceptors (Lipinski definition) is 3. The highest BCUT2D eigenvalue weighted by Gasteiger charge is 2.62. The SMILES string of the molecule is C1=CC2CC1C1C3CC(COP(OCC4CC5CC4C4C6C=CC(C6)C54)Oc4ccccc4)C(C3)C21. The molecule has 8 bridgehead atoms. The zero-order valence-electron chi connectivity index (χ0n) is 21.1. The maximum absolute atomic E-state index is 6.58. The average molecular weight is 503 g/mol. The number of benzene rings is 1. The molecular formula is C32H39O3P. The fraction of sp³-hybridized carbons (Fsp3) is 0.688. The lowest BCUT2D eigenvalue weighted by molar-refractivity contribution is 0.0782. The predicted octanol–water partition coefficient (Wildman–Crippen LogP) is 7.51. The Balaban J connectivity index is 0.868. The van der Waals surface area contributed by atoms with Gasteiger partial charge in [0.15, 0.2) is 0 Å². The Morgan fingerprint density at radius 3 is 1.61 bits per heavy atom. The first kappa shape index (κ1) is 21.7. The Morgan fingerprint density at radius 2 is 1.08 bits per heavy atom. The minimum Gasteiger partial charge on any atom is -0.427 e. The van der Waals surface area contributed by atoms with Gasteiger partial charge in [0.05, 0.1) is 13.2 Å². The molecule has 0 heterocycles. The van der Waals surface area contributed by atoms with E-state index >= 15 is 0 Å². The van der Waals surface area contributed by atoms with E-state index in [2.05, 4.69) is 24.3 Å². The van der Waals surface area contributed by atoms with Crippen LogP contribution in [0.4, 0.5) is 0 Å². The first-order valence-electron chi connectivity index (χ1n) is 15.0. The molecule has 0 spiro atoms. The molecule has 0 N–H and O–H groups in total. The number of fused-ring (bicyclic) bond motifs is 18. The largest absolute Gasteiger partial charge is 0.427 e. The van der Waals surface area contributed by atoms with Crippen LogP contribution in [0.25, 0.3) is 0 Å². The minimum atomic E-state index is -1.36. The zero-order chi connectivity index (χ0) is 23.4. The summed E-state index contributed by atoms with van der Waals surface area (Å²) in [4.78, 5) is 0. The molecular weight excluding hydrogens is 463 g/mol. The van der Waals surface area contributed by atoms with Crippen LogP contribution < -0.4 is 4.52 Å². The molecule has 14 unspecified atom stereocenters. The molecule has 36 heavy (non-hydrogen) atoms. The zero-order valence-corrected chi connectivity index (χ0v) is 22.0. The summed E-state index contributed by atoms with van der Waals surface area (Å²) >= 11 is 0. The lowest BCUT2D eigenvalue weighted by Gasteiger charge is -2.37. The highest BCUT2D eigenvalue weighted by atomic mass is 31.2. The molecule has 0 radical (unpaired) electrons. The van der Waals surface area contributed by atoms with Crippen LogP contribution in [-0.2, 0) is 9.05 Å². The molecule has 0 amide bonds. The van der Waals surface area contributed by atoms with Crippen LogP contribution in [0.15, 0.2) is 54.6 Å². The molecule has 190 valence electrons. The molecule has 1 aromatic carbocycles. The first-order chi connectivity index (χ1) is 17.8. The van der Waals surface area contributed by atoms with Crippen molar-refractivity contribution < 1.29 is 13.6 Å². The van der Waals surface area contributed by atoms with Crippen molar-refractivity contribution in [3.05, 3.63) is 54.6 Å². The number of hydrogen-bond donors (Lipinski definition) is 0. The molecule has 0 aromatic heterocycles. The van der Waals surface area contributed by atoms with E-state index in [0.717, 1.165) is 90.0 Å².